The van der Waals surface area contributed by atoms with E-state index in [2.05, 4.69) is 0 Å². The summed E-state index contributed by atoms with van der Waals surface area (Å²) in [4.78, 5) is 14.9. The van der Waals surface area contributed by atoms with E-state index in [9.17, 15) is 18.0 Å². The van der Waals surface area contributed by atoms with Crippen LogP contribution in [0.5, 0.6) is 5.75 Å². The number of alkyl halides is 3. The van der Waals surface area contributed by atoms with Crippen LogP contribution >= 0.6 is 0 Å². The average molecular weight is 351 g/mol. The van der Waals surface area contributed by atoms with E-state index in [4.69, 9.17) is 10.5 Å². The van der Waals surface area contributed by atoms with Crippen LogP contribution in [0.2, 0.25) is 0 Å². The molecule has 0 radical (unpaired) electrons. The maximum absolute atomic E-state index is 12.9. The highest BCUT2D eigenvalue weighted by atomic mass is 19.4. The molecular formula is C17H16F3N3O2. The second kappa shape index (κ2) is 6.19. The molecule has 0 unspecified atom stereocenters. The lowest BCUT2D eigenvalue weighted by Crippen LogP contribution is -2.32. The van der Waals surface area contributed by atoms with E-state index in [0.717, 1.165) is 29.3 Å². The second-order valence-electron chi connectivity index (χ2n) is 5.64. The number of hydrogen-bond acceptors (Lipinski definition) is 3. The Kier molecular flexibility index (Phi) is 4.20. The molecule has 1 aliphatic rings. The molecule has 3 rings (SSSR count). The van der Waals surface area contributed by atoms with E-state index < -0.39 is 17.8 Å². The summed E-state index contributed by atoms with van der Waals surface area (Å²) >= 11 is 0. The molecule has 0 atom stereocenters. The Morgan fingerprint density at radius 1 is 1.20 bits per heavy atom. The molecule has 0 saturated heterocycles. The van der Waals surface area contributed by atoms with Crippen molar-refractivity contribution in [3.8, 4) is 5.75 Å². The third-order valence-electron chi connectivity index (χ3n) is 3.95. The van der Waals surface area contributed by atoms with Crippen molar-refractivity contribution in [2.24, 2.45) is 5.73 Å². The standard InChI is InChI=1S/C17H16F3N3O2/c1-22-7-8-25-15-10-13(5-6-14(15)22)23(16(21)24)12-4-2-3-11(9-12)17(18,19)20/h2-6,9-10H,7-8H2,1H3,(H2,21,24). The summed E-state index contributed by atoms with van der Waals surface area (Å²) in [6.45, 7) is 1.20. The van der Waals surface area contributed by atoms with Crippen LogP contribution in [0.3, 0.4) is 0 Å². The SMILES string of the molecule is CN1CCOc2cc(N(C(N)=O)c3cccc(C(F)(F)F)c3)ccc21. The number of carbonyl (C=O) groups is 1. The molecule has 0 aliphatic carbocycles. The lowest BCUT2D eigenvalue weighted by Gasteiger charge is -2.29. The van der Waals surface area contributed by atoms with Crippen molar-refractivity contribution in [1.82, 2.24) is 0 Å². The van der Waals surface area contributed by atoms with Gasteiger partial charge in [-0.15, -0.1) is 0 Å². The van der Waals surface area contributed by atoms with Gasteiger partial charge in [0.2, 0.25) is 0 Å². The highest BCUT2D eigenvalue weighted by Gasteiger charge is 2.31. The lowest BCUT2D eigenvalue weighted by molar-refractivity contribution is -0.137. The molecule has 132 valence electrons. The van der Waals surface area contributed by atoms with Crippen molar-refractivity contribution in [1.29, 1.82) is 0 Å². The van der Waals surface area contributed by atoms with E-state index in [0.29, 0.717) is 18.0 Å². The first-order chi connectivity index (χ1) is 11.8. The Bertz CT molecular complexity index is 808. The van der Waals surface area contributed by atoms with Crippen LogP contribution in [-0.4, -0.2) is 26.2 Å². The van der Waals surface area contributed by atoms with Crippen molar-refractivity contribution in [3.05, 3.63) is 48.0 Å². The number of carbonyl (C=O) groups excluding carboxylic acids is 1. The Balaban J connectivity index is 2.04. The third-order valence-corrected chi connectivity index (χ3v) is 3.95. The summed E-state index contributed by atoms with van der Waals surface area (Å²) in [5, 5.41) is 0. The molecule has 0 aromatic heterocycles. The fourth-order valence-corrected chi connectivity index (χ4v) is 2.71. The predicted molar refractivity (Wildman–Crippen MR) is 88.4 cm³/mol. The van der Waals surface area contributed by atoms with Gasteiger partial charge in [0.1, 0.15) is 12.4 Å². The minimum Gasteiger partial charge on any atom is -0.489 e. The molecule has 0 fully saturated rings. The fourth-order valence-electron chi connectivity index (χ4n) is 2.71. The molecule has 1 heterocycles. The van der Waals surface area contributed by atoms with Crippen molar-refractivity contribution in [3.63, 3.8) is 0 Å². The Morgan fingerprint density at radius 3 is 2.60 bits per heavy atom. The molecule has 2 aromatic carbocycles. The summed E-state index contributed by atoms with van der Waals surface area (Å²) < 4.78 is 44.4. The zero-order chi connectivity index (χ0) is 18.2. The Morgan fingerprint density at radius 2 is 1.92 bits per heavy atom. The molecule has 25 heavy (non-hydrogen) atoms. The number of benzene rings is 2. The van der Waals surface area contributed by atoms with E-state index in [1.807, 2.05) is 11.9 Å². The first-order valence-corrected chi connectivity index (χ1v) is 7.52. The first-order valence-electron chi connectivity index (χ1n) is 7.52. The number of anilines is 3. The molecule has 8 heteroatoms. The van der Waals surface area contributed by atoms with Gasteiger partial charge in [0.25, 0.3) is 0 Å². The molecule has 1 aliphatic heterocycles. The van der Waals surface area contributed by atoms with Crippen molar-refractivity contribution in [2.45, 2.75) is 6.18 Å². The van der Waals surface area contributed by atoms with Crippen LogP contribution < -0.4 is 20.3 Å². The van der Waals surface area contributed by atoms with E-state index in [-0.39, 0.29) is 5.69 Å². The van der Waals surface area contributed by atoms with Crippen LogP contribution in [0.1, 0.15) is 5.56 Å². The maximum atomic E-state index is 12.9. The average Bonchev–Trinajstić information content (AvgIpc) is 2.54. The molecule has 0 bridgehead atoms. The monoisotopic (exact) mass is 351 g/mol. The van der Waals surface area contributed by atoms with Crippen LogP contribution in [0.15, 0.2) is 42.5 Å². The van der Waals surface area contributed by atoms with Gasteiger partial charge in [-0.25, -0.2) is 4.79 Å². The zero-order valence-electron chi connectivity index (χ0n) is 13.4. The quantitative estimate of drug-likeness (QED) is 0.896. The van der Waals surface area contributed by atoms with E-state index in [1.165, 1.54) is 12.1 Å². The normalized spacial score (nSPS) is 13.8. The number of rotatable bonds is 2. The maximum Gasteiger partial charge on any atom is 0.416 e. The predicted octanol–water partition coefficient (Wildman–Crippen LogP) is 3.75. The smallest absolute Gasteiger partial charge is 0.416 e. The van der Waals surface area contributed by atoms with E-state index in [1.54, 1.807) is 18.2 Å². The van der Waals surface area contributed by atoms with Crippen LogP contribution in [0, 0.1) is 0 Å². The molecule has 2 aromatic rings. The van der Waals surface area contributed by atoms with Crippen LogP contribution in [-0.2, 0) is 6.18 Å². The number of hydrogen-bond donors (Lipinski definition) is 1. The van der Waals surface area contributed by atoms with E-state index >= 15 is 0 Å². The lowest BCUT2D eigenvalue weighted by atomic mass is 10.1. The van der Waals surface area contributed by atoms with Gasteiger partial charge in [0.15, 0.2) is 0 Å². The van der Waals surface area contributed by atoms with Gasteiger partial charge in [0, 0.05) is 13.1 Å². The van der Waals surface area contributed by atoms with Gasteiger partial charge in [-0.2, -0.15) is 13.2 Å². The second-order valence-corrected chi connectivity index (χ2v) is 5.64. The fraction of sp³-hybridized carbons (Fsp3) is 0.235. The van der Waals surface area contributed by atoms with Gasteiger partial charge in [-0.3, -0.25) is 4.90 Å². The number of amides is 2. The highest BCUT2D eigenvalue weighted by molar-refractivity contribution is 5.99. The van der Waals surface area contributed by atoms with Crippen molar-refractivity contribution >= 4 is 23.1 Å². The molecular weight excluding hydrogens is 335 g/mol. The minimum atomic E-state index is -4.51. The summed E-state index contributed by atoms with van der Waals surface area (Å²) in [5.74, 6) is 0.546. The van der Waals surface area contributed by atoms with Gasteiger partial charge in [-0.1, -0.05) is 6.07 Å². The topological polar surface area (TPSA) is 58.8 Å². The number of nitrogens with two attached hydrogens (primary N) is 1. The number of ether oxygens (including phenoxy) is 1. The number of halogens is 3. The number of nitrogens with zero attached hydrogens (tertiary/aromatic N) is 2. The molecule has 2 amide bonds. The number of fused-ring (bicyclic) bond motifs is 1. The molecule has 0 saturated carbocycles. The largest absolute Gasteiger partial charge is 0.489 e. The minimum absolute atomic E-state index is 0.0337. The summed E-state index contributed by atoms with van der Waals surface area (Å²) in [6, 6.07) is 8.52. The summed E-state index contributed by atoms with van der Waals surface area (Å²) in [5.41, 5.74) is 5.77. The van der Waals surface area contributed by atoms with Crippen LogP contribution in [0.4, 0.5) is 35.0 Å². The van der Waals surface area contributed by atoms with Crippen LogP contribution in [0.25, 0.3) is 0 Å². The van der Waals surface area contributed by atoms with Crippen molar-refractivity contribution in [2.75, 3.05) is 30.0 Å². The van der Waals surface area contributed by atoms with Crippen molar-refractivity contribution < 1.29 is 22.7 Å². The van der Waals surface area contributed by atoms with Gasteiger partial charge >= 0.3 is 12.2 Å². The van der Waals surface area contributed by atoms with Gasteiger partial charge < -0.3 is 15.4 Å². The molecule has 0 spiro atoms. The zero-order valence-corrected chi connectivity index (χ0v) is 13.4. The molecule has 5 nitrogen and oxygen atoms in total. The summed E-state index contributed by atoms with van der Waals surface area (Å²) in [6.07, 6.45) is -4.51. The Hall–Kier alpha value is -2.90. The first kappa shape index (κ1) is 16.9. The van der Waals surface area contributed by atoms with Gasteiger partial charge in [0.05, 0.1) is 29.2 Å². The molecule has 2 N–H and O–H groups in total. The summed E-state index contributed by atoms with van der Waals surface area (Å²) in [7, 11) is 1.90. The Labute approximate surface area is 142 Å². The number of primary amides is 1. The third kappa shape index (κ3) is 3.33. The number of urea groups is 1. The van der Waals surface area contributed by atoms with Gasteiger partial charge in [-0.05, 0) is 30.3 Å². The number of likely N-dealkylation sites (N-methyl/N-ethyl adjacent to an activating group) is 1. The highest BCUT2D eigenvalue weighted by Crippen LogP contribution is 2.38.